The number of aromatic nitrogens is 2. The Hall–Kier alpha value is -3.61. The van der Waals surface area contributed by atoms with E-state index < -0.39 is 29.6 Å². The van der Waals surface area contributed by atoms with E-state index in [1.807, 2.05) is 25.8 Å². The third-order valence-corrected chi connectivity index (χ3v) is 7.10. The van der Waals surface area contributed by atoms with Crippen molar-refractivity contribution in [1.29, 1.82) is 0 Å². The van der Waals surface area contributed by atoms with Crippen molar-refractivity contribution in [3.05, 3.63) is 46.0 Å². The Morgan fingerprint density at radius 2 is 1.90 bits per heavy atom. The first kappa shape index (κ1) is 31.9. The zero-order valence-electron chi connectivity index (χ0n) is 24.5. The van der Waals surface area contributed by atoms with Gasteiger partial charge in [-0.2, -0.15) is 0 Å². The molecule has 224 valence electrons. The van der Waals surface area contributed by atoms with Crippen LogP contribution < -0.4 is 21.6 Å². The number of carbonyl (C=O) groups is 3. The van der Waals surface area contributed by atoms with E-state index in [2.05, 4.69) is 26.0 Å². The number of rotatable bonds is 11. The minimum atomic E-state index is -0.968. The molecule has 12 nitrogen and oxygen atoms in total. The molecule has 4 atom stereocenters. The molecule has 12 heteroatoms. The fourth-order valence-electron chi connectivity index (χ4n) is 4.59. The van der Waals surface area contributed by atoms with Crippen molar-refractivity contribution >= 4 is 34.8 Å². The maximum absolute atomic E-state index is 13.3. The number of carboxylic acids is 1. The quantitative estimate of drug-likeness (QED) is 0.235. The van der Waals surface area contributed by atoms with Gasteiger partial charge in [0, 0.05) is 19.1 Å². The van der Waals surface area contributed by atoms with Gasteiger partial charge in [0.1, 0.15) is 24.0 Å². The number of aliphatic hydroxyl groups is 1. The molecule has 0 bridgehead atoms. The first-order valence-electron chi connectivity index (χ1n) is 13.9. The summed E-state index contributed by atoms with van der Waals surface area (Å²) in [6.07, 6.45) is 3.86. The second-order valence-electron chi connectivity index (χ2n) is 11.7. The van der Waals surface area contributed by atoms with Crippen molar-refractivity contribution in [2.24, 2.45) is 11.3 Å². The summed E-state index contributed by atoms with van der Waals surface area (Å²) in [4.78, 5) is 56.9. The molecule has 1 saturated heterocycles. The molecule has 0 aliphatic carbocycles. The summed E-state index contributed by atoms with van der Waals surface area (Å²) in [5, 5.41) is 27.1. The van der Waals surface area contributed by atoms with Crippen LogP contribution in [0.4, 0.5) is 0 Å². The predicted octanol–water partition coefficient (Wildman–Crippen LogP) is 1.71. The van der Waals surface area contributed by atoms with E-state index >= 15 is 0 Å². The van der Waals surface area contributed by atoms with Crippen LogP contribution in [-0.4, -0.2) is 74.2 Å². The standard InChI is InChI=1S/C29H42N6O6/c1-16(2)23(26(38)30-17(3)15-35-13-7-8-21(34-35)27(39)40)32-28(41)29(5,6)12-11-19-9-10-20-22(14-19)31-24(18(4)36)33-25(20)37/h9-12,14,16-18,21,23,34,36H,7-8,13,15H2,1-6H3,(H,30,38)(H,32,41)(H,39,40)(H,31,33,37). The van der Waals surface area contributed by atoms with Gasteiger partial charge in [0.15, 0.2) is 0 Å². The van der Waals surface area contributed by atoms with Crippen LogP contribution in [-0.2, 0) is 14.4 Å². The summed E-state index contributed by atoms with van der Waals surface area (Å²) in [5.41, 5.74) is 2.82. The lowest BCUT2D eigenvalue weighted by Gasteiger charge is -2.34. The summed E-state index contributed by atoms with van der Waals surface area (Å²) in [6.45, 7) is 11.7. The SMILES string of the molecule is CC(CN1CCCC(C(=O)O)N1)NC(=O)C(NC(=O)C(C)(C)C=Cc1ccc2c(=O)[nH]c(C(C)O)nc2c1)C(C)C. The maximum atomic E-state index is 13.3. The van der Waals surface area contributed by atoms with Gasteiger partial charge >= 0.3 is 5.97 Å². The molecule has 1 aromatic heterocycles. The molecule has 2 amide bonds. The molecule has 0 spiro atoms. The highest BCUT2D eigenvalue weighted by Crippen LogP contribution is 2.22. The summed E-state index contributed by atoms with van der Waals surface area (Å²) in [6, 6.07) is 3.41. The molecule has 1 aliphatic heterocycles. The summed E-state index contributed by atoms with van der Waals surface area (Å²) < 4.78 is 0. The van der Waals surface area contributed by atoms with Crippen LogP contribution in [0.5, 0.6) is 0 Å². The summed E-state index contributed by atoms with van der Waals surface area (Å²) in [5.74, 6) is -1.55. The fourth-order valence-corrected chi connectivity index (χ4v) is 4.59. The van der Waals surface area contributed by atoms with Crippen molar-refractivity contribution in [1.82, 2.24) is 31.0 Å². The van der Waals surface area contributed by atoms with E-state index in [1.165, 1.54) is 6.92 Å². The smallest absolute Gasteiger partial charge is 0.322 e. The van der Waals surface area contributed by atoms with Crippen LogP contribution in [0.25, 0.3) is 17.0 Å². The van der Waals surface area contributed by atoms with Crippen LogP contribution in [0.2, 0.25) is 0 Å². The van der Waals surface area contributed by atoms with Crippen molar-refractivity contribution in [3.63, 3.8) is 0 Å². The highest BCUT2D eigenvalue weighted by atomic mass is 16.4. The third-order valence-electron chi connectivity index (χ3n) is 7.10. The molecule has 1 aromatic carbocycles. The van der Waals surface area contributed by atoms with Gasteiger partial charge in [-0.1, -0.05) is 32.1 Å². The van der Waals surface area contributed by atoms with E-state index in [0.29, 0.717) is 30.4 Å². The molecule has 6 N–H and O–H groups in total. The zero-order chi connectivity index (χ0) is 30.5. The molecule has 2 aromatic rings. The number of carbonyl (C=O) groups excluding carboxylic acids is 2. The molecular formula is C29H42N6O6. The Bertz CT molecular complexity index is 1350. The Labute approximate surface area is 239 Å². The molecule has 1 fully saturated rings. The van der Waals surface area contributed by atoms with Crippen molar-refractivity contribution in [2.75, 3.05) is 13.1 Å². The van der Waals surface area contributed by atoms with Gasteiger partial charge < -0.3 is 25.8 Å². The van der Waals surface area contributed by atoms with Gasteiger partial charge in [0.25, 0.3) is 5.56 Å². The Balaban J connectivity index is 1.65. The van der Waals surface area contributed by atoms with Gasteiger partial charge in [-0.3, -0.25) is 19.2 Å². The van der Waals surface area contributed by atoms with Gasteiger partial charge in [-0.15, -0.1) is 0 Å². The molecule has 0 radical (unpaired) electrons. The van der Waals surface area contributed by atoms with Crippen molar-refractivity contribution in [3.8, 4) is 0 Å². The molecule has 0 saturated carbocycles. The zero-order valence-corrected chi connectivity index (χ0v) is 24.5. The summed E-state index contributed by atoms with van der Waals surface area (Å²) >= 11 is 0. The maximum Gasteiger partial charge on any atom is 0.322 e. The topological polar surface area (TPSA) is 177 Å². The Morgan fingerprint density at radius 1 is 1.20 bits per heavy atom. The average Bonchev–Trinajstić information content (AvgIpc) is 2.89. The lowest BCUT2D eigenvalue weighted by Crippen LogP contribution is -2.58. The minimum Gasteiger partial charge on any atom is -0.480 e. The van der Waals surface area contributed by atoms with E-state index in [9.17, 15) is 29.4 Å². The molecule has 41 heavy (non-hydrogen) atoms. The molecular weight excluding hydrogens is 528 g/mol. The van der Waals surface area contributed by atoms with Crippen LogP contribution in [0.3, 0.4) is 0 Å². The number of hydrogen-bond donors (Lipinski definition) is 6. The highest BCUT2D eigenvalue weighted by molar-refractivity contribution is 5.91. The highest BCUT2D eigenvalue weighted by Gasteiger charge is 2.32. The number of aromatic amines is 1. The van der Waals surface area contributed by atoms with E-state index in [-0.39, 0.29) is 35.2 Å². The Kier molecular flexibility index (Phi) is 10.4. The van der Waals surface area contributed by atoms with Gasteiger partial charge in [0.05, 0.1) is 16.3 Å². The number of hydrazine groups is 1. The molecule has 3 rings (SSSR count). The first-order chi connectivity index (χ1) is 19.2. The van der Waals surface area contributed by atoms with Crippen molar-refractivity contribution < 1.29 is 24.6 Å². The van der Waals surface area contributed by atoms with Crippen LogP contribution in [0, 0.1) is 11.3 Å². The normalized spacial score (nSPS) is 18.8. The first-order valence-corrected chi connectivity index (χ1v) is 13.9. The lowest BCUT2D eigenvalue weighted by molar-refractivity contribution is -0.142. The monoisotopic (exact) mass is 570 g/mol. The number of amides is 2. The number of hydrogen-bond acceptors (Lipinski definition) is 8. The van der Waals surface area contributed by atoms with E-state index in [0.717, 1.165) is 12.0 Å². The number of nitrogens with one attached hydrogen (secondary N) is 4. The van der Waals surface area contributed by atoms with Gasteiger partial charge in [0.2, 0.25) is 11.8 Å². The number of fused-ring (bicyclic) bond motifs is 1. The molecule has 1 aliphatic rings. The fraction of sp³-hybridized carbons (Fsp3) is 0.552. The number of aliphatic hydroxyl groups excluding tert-OH is 1. The number of aliphatic carboxylic acids is 1. The number of benzene rings is 1. The van der Waals surface area contributed by atoms with Crippen LogP contribution in [0.15, 0.2) is 29.1 Å². The number of carboxylic acid groups (broad SMARTS) is 1. The third kappa shape index (κ3) is 8.44. The molecule has 4 unspecified atom stereocenters. The second-order valence-corrected chi connectivity index (χ2v) is 11.7. The predicted molar refractivity (Wildman–Crippen MR) is 156 cm³/mol. The Morgan fingerprint density at radius 3 is 2.54 bits per heavy atom. The van der Waals surface area contributed by atoms with Crippen molar-refractivity contribution in [2.45, 2.75) is 78.6 Å². The minimum absolute atomic E-state index is 0.173. The average molecular weight is 571 g/mol. The number of H-pyrrole nitrogens is 1. The van der Waals surface area contributed by atoms with Gasteiger partial charge in [-0.25, -0.2) is 15.4 Å². The van der Waals surface area contributed by atoms with E-state index in [1.54, 1.807) is 44.2 Å². The lowest BCUT2D eigenvalue weighted by atomic mass is 9.89. The largest absolute Gasteiger partial charge is 0.480 e. The van der Waals surface area contributed by atoms with Gasteiger partial charge in [-0.05, 0) is 64.2 Å². The second kappa shape index (κ2) is 13.4. The molecule has 2 heterocycles. The van der Waals surface area contributed by atoms with Crippen LogP contribution >= 0.6 is 0 Å². The summed E-state index contributed by atoms with van der Waals surface area (Å²) in [7, 11) is 0. The van der Waals surface area contributed by atoms with E-state index in [4.69, 9.17) is 0 Å². The van der Waals surface area contributed by atoms with Crippen LogP contribution in [0.1, 0.15) is 71.9 Å². The number of nitrogens with zero attached hydrogens (tertiary/aromatic N) is 2.